The molecule has 4 heterocycles. The zero-order chi connectivity index (χ0) is 19.0. The predicted octanol–water partition coefficient (Wildman–Crippen LogP) is 0.0977. The lowest BCUT2D eigenvalue weighted by atomic mass is 10.0. The van der Waals surface area contributed by atoms with E-state index in [1.807, 2.05) is 12.2 Å². The topological polar surface area (TPSA) is 92.7 Å². The van der Waals surface area contributed by atoms with Gasteiger partial charge in [-0.2, -0.15) is 0 Å². The molecule has 9 heteroatoms. The van der Waals surface area contributed by atoms with E-state index in [1.165, 1.54) is 41.8 Å². The maximum atomic E-state index is 12.0. The molecule has 2 atom stereocenters. The van der Waals surface area contributed by atoms with Crippen molar-refractivity contribution in [3.05, 3.63) is 23.4 Å². The molecule has 4 aliphatic rings. The molecular weight excluding hydrogens is 491 g/mol. The number of carboxylic acids is 1. The minimum absolute atomic E-state index is 0. The van der Waals surface area contributed by atoms with Crippen LogP contribution in [0.4, 0.5) is 0 Å². The number of thioether (sulfide) groups is 1. The zero-order valence-corrected chi connectivity index (χ0v) is 19.0. The second-order valence-electron chi connectivity index (χ2n) is 7.51. The van der Waals surface area contributed by atoms with Gasteiger partial charge in [0.05, 0.1) is 31.3 Å². The number of halogens is 1. The molecule has 0 spiro atoms. The summed E-state index contributed by atoms with van der Waals surface area (Å²) in [6.45, 7) is 4.09. The number of carbonyl (C=O) groups excluding carboxylic acids is 2. The Labute approximate surface area is 186 Å². The Hall–Kier alpha value is -1.07. The van der Waals surface area contributed by atoms with E-state index in [0.29, 0.717) is 11.3 Å². The number of carboxylic acid groups (broad SMARTS) is 1. The van der Waals surface area contributed by atoms with Gasteiger partial charge in [-0.05, 0) is 30.9 Å². The van der Waals surface area contributed by atoms with E-state index in [-0.39, 0.29) is 41.0 Å². The van der Waals surface area contributed by atoms with E-state index < -0.39 is 12.0 Å². The smallest absolute Gasteiger partial charge is 0.248 e. The highest BCUT2D eigenvalue weighted by Crippen LogP contribution is 2.39. The lowest BCUT2D eigenvalue weighted by Crippen LogP contribution is -2.69. The van der Waals surface area contributed by atoms with Crippen LogP contribution in [0.1, 0.15) is 32.1 Å². The van der Waals surface area contributed by atoms with Crippen LogP contribution in [0.15, 0.2) is 23.4 Å². The number of nitrogens with two attached hydrogens (primary N) is 1. The van der Waals surface area contributed by atoms with Crippen molar-refractivity contribution < 1.29 is 19.3 Å². The summed E-state index contributed by atoms with van der Waals surface area (Å²) >= 11 is 1.51. The molecule has 0 saturated carbocycles. The molecule has 154 valence electrons. The molecule has 7 nitrogen and oxygen atoms in total. The van der Waals surface area contributed by atoms with Gasteiger partial charge in [0.2, 0.25) is 11.7 Å². The van der Waals surface area contributed by atoms with E-state index in [9.17, 15) is 14.7 Å². The third-order valence-electron chi connectivity index (χ3n) is 5.79. The Bertz CT molecular complexity index is 751. The third kappa shape index (κ3) is 3.97. The highest BCUT2D eigenvalue weighted by atomic mass is 127. The van der Waals surface area contributed by atoms with Gasteiger partial charge in [-0.25, -0.2) is 0 Å². The molecule has 0 radical (unpaired) electrons. The van der Waals surface area contributed by atoms with Gasteiger partial charge in [0, 0.05) is 18.6 Å². The molecule has 2 N–H and O–H groups in total. The highest BCUT2D eigenvalue weighted by Gasteiger charge is 2.49. The summed E-state index contributed by atoms with van der Waals surface area (Å²) in [5.41, 5.74) is 6.40. The standard InChI is InChI=1S/C19H26N4O3S.HI/c20-15-17(24)23-16(19(25)26)13(12-27-18(15)23)6-4-9-22-11-5-10-21-8-3-1-2-7-14(21)22;/h4,6,15,18H,1-3,5,7-12,20H2;1H/b6-4+;/t15-,18-;/m1./s1. The average Bonchev–Trinajstić information content (AvgIpc) is 2.92. The van der Waals surface area contributed by atoms with Crippen LogP contribution >= 0.6 is 35.7 Å². The normalized spacial score (nSPS) is 27.8. The molecule has 0 bridgehead atoms. The Morgan fingerprint density at radius 3 is 2.86 bits per heavy atom. The SMILES string of the molecule is I.N[C@@H]1C(=O)N2C(C(=O)[O-])=C(/C=C/C[N+]3=C4CCCCCN4CCC3)CS[C@H]12. The van der Waals surface area contributed by atoms with Crippen LogP contribution in [0.2, 0.25) is 0 Å². The van der Waals surface area contributed by atoms with Gasteiger partial charge in [0.25, 0.3) is 0 Å². The lowest BCUT2D eigenvalue weighted by molar-refractivity contribution is -0.529. The van der Waals surface area contributed by atoms with Gasteiger partial charge in [0.1, 0.15) is 18.0 Å². The molecule has 0 aromatic heterocycles. The van der Waals surface area contributed by atoms with Gasteiger partial charge in [-0.15, -0.1) is 35.7 Å². The number of rotatable bonds is 4. The number of amidine groups is 1. The minimum Gasteiger partial charge on any atom is -0.543 e. The van der Waals surface area contributed by atoms with Crippen molar-refractivity contribution in [2.45, 2.75) is 43.5 Å². The Morgan fingerprint density at radius 2 is 2.07 bits per heavy atom. The quantitative estimate of drug-likeness (QED) is 0.323. The van der Waals surface area contributed by atoms with E-state index in [0.717, 1.165) is 39.0 Å². The molecular formula is C19H27IN4O3S. The molecule has 0 unspecified atom stereocenters. The van der Waals surface area contributed by atoms with Gasteiger partial charge in [0.15, 0.2) is 0 Å². The monoisotopic (exact) mass is 518 g/mol. The summed E-state index contributed by atoms with van der Waals surface area (Å²) in [5.74, 6) is 0.324. The molecule has 2 saturated heterocycles. The number of allylic oxidation sites excluding steroid dienone is 1. The van der Waals surface area contributed by atoms with Gasteiger partial charge in [-0.1, -0.05) is 6.08 Å². The molecule has 1 amide bonds. The summed E-state index contributed by atoms with van der Waals surface area (Å²) in [5, 5.41) is 11.4. The number of amides is 1. The summed E-state index contributed by atoms with van der Waals surface area (Å²) < 4.78 is 2.41. The second-order valence-corrected chi connectivity index (χ2v) is 8.62. The maximum Gasteiger partial charge on any atom is 0.248 e. The molecule has 0 aromatic carbocycles. The largest absolute Gasteiger partial charge is 0.543 e. The summed E-state index contributed by atoms with van der Waals surface area (Å²) in [6.07, 6.45) is 9.93. The fraction of sp³-hybridized carbons (Fsp3) is 0.632. The van der Waals surface area contributed by atoms with E-state index in [2.05, 4.69) is 9.48 Å². The first-order chi connectivity index (χ1) is 13.1. The Kier molecular flexibility index (Phi) is 7.08. The predicted molar refractivity (Wildman–Crippen MR) is 117 cm³/mol. The van der Waals surface area contributed by atoms with Crippen LogP contribution in [0.3, 0.4) is 0 Å². The lowest BCUT2D eigenvalue weighted by Gasteiger charge is -2.49. The minimum atomic E-state index is -1.30. The van der Waals surface area contributed by atoms with Crippen molar-refractivity contribution in [3.63, 3.8) is 0 Å². The van der Waals surface area contributed by atoms with Crippen molar-refractivity contribution in [2.75, 3.05) is 31.9 Å². The van der Waals surface area contributed by atoms with E-state index in [4.69, 9.17) is 5.73 Å². The van der Waals surface area contributed by atoms with Crippen molar-refractivity contribution in [2.24, 2.45) is 5.73 Å². The van der Waals surface area contributed by atoms with Crippen LogP contribution in [-0.2, 0) is 9.59 Å². The number of hydrogen-bond acceptors (Lipinski definition) is 6. The molecule has 0 aromatic rings. The third-order valence-corrected chi connectivity index (χ3v) is 7.11. The summed E-state index contributed by atoms with van der Waals surface area (Å²) in [6, 6.07) is -0.610. The summed E-state index contributed by atoms with van der Waals surface area (Å²) in [7, 11) is 0. The molecule has 28 heavy (non-hydrogen) atoms. The van der Waals surface area contributed by atoms with Gasteiger partial charge < -0.3 is 15.6 Å². The fourth-order valence-corrected chi connectivity index (χ4v) is 5.67. The van der Waals surface area contributed by atoms with Gasteiger partial charge in [-0.3, -0.25) is 19.2 Å². The van der Waals surface area contributed by atoms with Gasteiger partial charge >= 0.3 is 0 Å². The second kappa shape index (κ2) is 9.17. The van der Waals surface area contributed by atoms with Crippen LogP contribution < -0.4 is 10.8 Å². The molecule has 4 rings (SSSR count). The van der Waals surface area contributed by atoms with E-state index >= 15 is 0 Å². The first-order valence-electron chi connectivity index (χ1n) is 9.75. The molecule has 4 aliphatic heterocycles. The Balaban J connectivity index is 0.00000225. The van der Waals surface area contributed by atoms with Crippen LogP contribution in [0, 0.1) is 0 Å². The number of hydrogen-bond donors (Lipinski definition) is 1. The van der Waals surface area contributed by atoms with Crippen LogP contribution in [0.5, 0.6) is 0 Å². The fourth-order valence-electron chi connectivity index (χ4n) is 4.41. The zero-order valence-electron chi connectivity index (χ0n) is 15.8. The number of fused-ring (bicyclic) bond motifs is 2. The van der Waals surface area contributed by atoms with Crippen molar-refractivity contribution in [3.8, 4) is 0 Å². The van der Waals surface area contributed by atoms with E-state index in [1.54, 1.807) is 0 Å². The molecule has 2 fully saturated rings. The average molecular weight is 518 g/mol. The maximum absolute atomic E-state index is 12.0. The Morgan fingerprint density at radius 1 is 1.29 bits per heavy atom. The van der Waals surface area contributed by atoms with Crippen LogP contribution in [-0.4, -0.2) is 75.4 Å². The first-order valence-corrected chi connectivity index (χ1v) is 10.8. The summed E-state index contributed by atoms with van der Waals surface area (Å²) in [4.78, 5) is 27.4. The highest BCUT2D eigenvalue weighted by molar-refractivity contribution is 14.0. The van der Waals surface area contributed by atoms with Crippen LogP contribution in [0.25, 0.3) is 0 Å². The number of carbonyl (C=O) groups is 2. The van der Waals surface area contributed by atoms with Crippen molar-refractivity contribution in [1.82, 2.24) is 9.80 Å². The number of β-lactam (4-membered cyclic amide) rings is 1. The van der Waals surface area contributed by atoms with Crippen molar-refractivity contribution in [1.29, 1.82) is 0 Å². The van der Waals surface area contributed by atoms with Crippen molar-refractivity contribution >= 4 is 53.5 Å². The molecule has 0 aliphatic carbocycles. The number of nitrogens with zero attached hydrogens (tertiary/aromatic N) is 3. The first kappa shape index (κ1) is 21.6. The number of aliphatic carboxylic acids is 1.